The predicted octanol–water partition coefficient (Wildman–Crippen LogP) is 4.43. The number of amides is 1. The van der Waals surface area contributed by atoms with Crippen molar-refractivity contribution in [3.63, 3.8) is 0 Å². The monoisotopic (exact) mass is 404 g/mol. The Balaban J connectivity index is 1.30. The first-order chi connectivity index (χ1) is 14.6. The zero-order valence-electron chi connectivity index (χ0n) is 17.6. The first-order valence-corrected chi connectivity index (χ1v) is 10.4. The summed E-state index contributed by atoms with van der Waals surface area (Å²) in [4.78, 5) is 17.1. The number of aryl methyl sites for hydroxylation is 2. The Kier molecular flexibility index (Phi) is 6.19. The molecule has 2 aromatic carbocycles. The Bertz CT molecular complexity index is 952. The van der Waals surface area contributed by atoms with Crippen LogP contribution in [-0.4, -0.2) is 41.9 Å². The maximum absolute atomic E-state index is 12.9. The SMILES string of the molecule is Cc1cccc(C)c1OCc1ccc(C(=O)N2CCN(Cc3ccco3)CC2)cc1. The highest BCUT2D eigenvalue weighted by Crippen LogP contribution is 2.23. The van der Waals surface area contributed by atoms with Gasteiger partial charge in [-0.1, -0.05) is 30.3 Å². The zero-order valence-corrected chi connectivity index (χ0v) is 17.6. The predicted molar refractivity (Wildman–Crippen MR) is 117 cm³/mol. The average molecular weight is 405 g/mol. The van der Waals surface area contributed by atoms with E-state index in [0.29, 0.717) is 6.61 Å². The molecule has 5 nitrogen and oxygen atoms in total. The van der Waals surface area contributed by atoms with Gasteiger partial charge in [-0.15, -0.1) is 0 Å². The van der Waals surface area contributed by atoms with Crippen LogP contribution in [0.4, 0.5) is 0 Å². The van der Waals surface area contributed by atoms with E-state index >= 15 is 0 Å². The summed E-state index contributed by atoms with van der Waals surface area (Å²) in [5.41, 5.74) is 4.05. The summed E-state index contributed by atoms with van der Waals surface area (Å²) in [6.45, 7) is 8.57. The van der Waals surface area contributed by atoms with E-state index in [1.165, 1.54) is 0 Å². The largest absolute Gasteiger partial charge is 0.488 e. The van der Waals surface area contributed by atoms with E-state index in [-0.39, 0.29) is 5.91 Å². The van der Waals surface area contributed by atoms with Gasteiger partial charge in [0.1, 0.15) is 18.1 Å². The molecule has 2 heterocycles. The van der Waals surface area contributed by atoms with Gasteiger partial charge in [0, 0.05) is 31.7 Å². The smallest absolute Gasteiger partial charge is 0.253 e. The van der Waals surface area contributed by atoms with Crippen molar-refractivity contribution >= 4 is 5.91 Å². The fourth-order valence-electron chi connectivity index (χ4n) is 3.84. The molecule has 0 aliphatic carbocycles. The van der Waals surface area contributed by atoms with Gasteiger partial charge in [0.25, 0.3) is 5.91 Å². The number of para-hydroxylation sites is 1. The molecule has 3 aromatic rings. The summed E-state index contributed by atoms with van der Waals surface area (Å²) >= 11 is 0. The van der Waals surface area contributed by atoms with Crippen molar-refractivity contribution in [3.8, 4) is 5.75 Å². The molecule has 0 N–H and O–H groups in total. The highest BCUT2D eigenvalue weighted by molar-refractivity contribution is 5.94. The third kappa shape index (κ3) is 4.74. The molecule has 0 unspecified atom stereocenters. The first kappa shape index (κ1) is 20.2. The number of carbonyl (C=O) groups is 1. The number of hydrogen-bond donors (Lipinski definition) is 0. The number of nitrogens with zero attached hydrogens (tertiary/aromatic N) is 2. The standard InChI is InChI=1S/C25H28N2O3/c1-19-5-3-6-20(2)24(19)30-18-21-8-10-22(11-9-21)25(28)27-14-12-26(13-15-27)17-23-7-4-16-29-23/h3-11,16H,12-15,17-18H2,1-2H3. The van der Waals surface area contributed by atoms with Crippen LogP contribution in [0.25, 0.3) is 0 Å². The van der Waals surface area contributed by atoms with E-state index in [9.17, 15) is 4.79 Å². The van der Waals surface area contributed by atoms with Crippen molar-refractivity contribution < 1.29 is 13.9 Å². The second-order valence-corrected chi connectivity index (χ2v) is 7.85. The summed E-state index contributed by atoms with van der Waals surface area (Å²) in [5, 5.41) is 0. The van der Waals surface area contributed by atoms with Crippen LogP contribution in [0.2, 0.25) is 0 Å². The first-order valence-electron chi connectivity index (χ1n) is 10.4. The molecule has 4 rings (SSSR count). The maximum Gasteiger partial charge on any atom is 0.253 e. The molecular formula is C25H28N2O3. The molecule has 0 radical (unpaired) electrons. The quantitative estimate of drug-likeness (QED) is 0.610. The number of carbonyl (C=O) groups excluding carboxylic acids is 1. The minimum atomic E-state index is 0.0925. The van der Waals surface area contributed by atoms with Crippen LogP contribution in [0.1, 0.15) is 32.8 Å². The number of rotatable bonds is 6. The molecule has 0 bridgehead atoms. The van der Waals surface area contributed by atoms with Crippen LogP contribution in [0.5, 0.6) is 5.75 Å². The summed E-state index contributed by atoms with van der Waals surface area (Å²) in [5.74, 6) is 1.99. The molecule has 1 aromatic heterocycles. The summed E-state index contributed by atoms with van der Waals surface area (Å²) in [6.07, 6.45) is 1.70. The number of piperazine rings is 1. The average Bonchev–Trinajstić information content (AvgIpc) is 3.27. The Morgan fingerprint density at radius 1 is 0.933 bits per heavy atom. The van der Waals surface area contributed by atoms with Gasteiger partial charge in [-0.25, -0.2) is 0 Å². The molecule has 0 atom stereocenters. The molecule has 30 heavy (non-hydrogen) atoms. The molecule has 5 heteroatoms. The van der Waals surface area contributed by atoms with Crippen LogP contribution in [-0.2, 0) is 13.2 Å². The maximum atomic E-state index is 12.9. The van der Waals surface area contributed by atoms with E-state index in [4.69, 9.17) is 9.15 Å². The van der Waals surface area contributed by atoms with E-state index in [0.717, 1.165) is 66.5 Å². The molecule has 1 saturated heterocycles. The van der Waals surface area contributed by atoms with Gasteiger partial charge < -0.3 is 14.1 Å². The van der Waals surface area contributed by atoms with E-state index in [1.807, 2.05) is 47.4 Å². The van der Waals surface area contributed by atoms with Crippen molar-refractivity contribution in [2.24, 2.45) is 0 Å². The lowest BCUT2D eigenvalue weighted by atomic mass is 10.1. The van der Waals surface area contributed by atoms with Gasteiger partial charge in [0.05, 0.1) is 12.8 Å². The van der Waals surface area contributed by atoms with Crippen molar-refractivity contribution in [2.45, 2.75) is 27.0 Å². The fourth-order valence-corrected chi connectivity index (χ4v) is 3.84. The van der Waals surface area contributed by atoms with E-state index in [2.05, 4.69) is 30.9 Å². The highest BCUT2D eigenvalue weighted by Gasteiger charge is 2.22. The minimum Gasteiger partial charge on any atom is -0.488 e. The van der Waals surface area contributed by atoms with E-state index < -0.39 is 0 Å². The van der Waals surface area contributed by atoms with Crippen LogP contribution < -0.4 is 4.74 Å². The third-order valence-corrected chi connectivity index (χ3v) is 5.61. The summed E-state index contributed by atoms with van der Waals surface area (Å²) in [6, 6.07) is 17.8. The Morgan fingerprint density at radius 2 is 1.63 bits per heavy atom. The molecule has 0 saturated carbocycles. The normalized spacial score (nSPS) is 14.7. The number of benzene rings is 2. The number of ether oxygens (including phenoxy) is 1. The van der Waals surface area contributed by atoms with Crippen molar-refractivity contribution in [1.29, 1.82) is 0 Å². The number of hydrogen-bond acceptors (Lipinski definition) is 4. The Labute approximate surface area is 177 Å². The topological polar surface area (TPSA) is 45.9 Å². The van der Waals surface area contributed by atoms with Gasteiger partial charge in [-0.3, -0.25) is 9.69 Å². The molecule has 1 amide bonds. The highest BCUT2D eigenvalue weighted by atomic mass is 16.5. The minimum absolute atomic E-state index is 0.0925. The molecule has 1 aliphatic heterocycles. The lowest BCUT2D eigenvalue weighted by Gasteiger charge is -2.34. The third-order valence-electron chi connectivity index (χ3n) is 5.61. The molecule has 1 aliphatic rings. The van der Waals surface area contributed by atoms with E-state index in [1.54, 1.807) is 6.26 Å². The van der Waals surface area contributed by atoms with Crippen LogP contribution in [0, 0.1) is 13.8 Å². The lowest BCUT2D eigenvalue weighted by molar-refractivity contribution is 0.0620. The Hall–Kier alpha value is -3.05. The van der Waals surface area contributed by atoms with Crippen LogP contribution >= 0.6 is 0 Å². The summed E-state index contributed by atoms with van der Waals surface area (Å²) in [7, 11) is 0. The second kappa shape index (κ2) is 9.18. The fraction of sp³-hybridized carbons (Fsp3) is 0.320. The lowest BCUT2D eigenvalue weighted by Crippen LogP contribution is -2.48. The van der Waals surface area contributed by atoms with Crippen LogP contribution in [0.3, 0.4) is 0 Å². The molecular weight excluding hydrogens is 376 g/mol. The zero-order chi connectivity index (χ0) is 20.9. The van der Waals surface area contributed by atoms with Gasteiger partial charge in [0.2, 0.25) is 0 Å². The van der Waals surface area contributed by atoms with Crippen molar-refractivity contribution in [2.75, 3.05) is 26.2 Å². The molecule has 156 valence electrons. The Morgan fingerprint density at radius 3 is 2.27 bits per heavy atom. The molecule has 1 fully saturated rings. The van der Waals surface area contributed by atoms with Crippen LogP contribution in [0.15, 0.2) is 65.3 Å². The summed E-state index contributed by atoms with van der Waals surface area (Å²) < 4.78 is 11.4. The van der Waals surface area contributed by atoms with Gasteiger partial charge in [0.15, 0.2) is 0 Å². The van der Waals surface area contributed by atoms with Gasteiger partial charge >= 0.3 is 0 Å². The van der Waals surface area contributed by atoms with Gasteiger partial charge in [-0.2, -0.15) is 0 Å². The number of furan rings is 1. The second-order valence-electron chi connectivity index (χ2n) is 7.85. The van der Waals surface area contributed by atoms with Crippen molar-refractivity contribution in [1.82, 2.24) is 9.80 Å². The van der Waals surface area contributed by atoms with Gasteiger partial charge in [-0.05, 0) is 54.8 Å². The molecule has 0 spiro atoms. The van der Waals surface area contributed by atoms with Crippen molar-refractivity contribution in [3.05, 3.63) is 88.9 Å².